The summed E-state index contributed by atoms with van der Waals surface area (Å²) in [6, 6.07) is 0.432. The third-order valence-corrected chi connectivity index (χ3v) is 4.91. The lowest BCUT2D eigenvalue weighted by molar-refractivity contribution is -0.121. The van der Waals surface area contributed by atoms with Crippen molar-refractivity contribution in [3.05, 3.63) is 0 Å². The fraction of sp³-hybridized carbons (Fsp3) is 0.923. The zero-order valence-electron chi connectivity index (χ0n) is 12.7. The fourth-order valence-electron chi connectivity index (χ4n) is 2.46. The lowest BCUT2D eigenvalue weighted by Crippen LogP contribution is -2.47. The molecular formula is C13H27N3O3S. The molecule has 118 valence electrons. The molecule has 0 aromatic carbocycles. The summed E-state index contributed by atoms with van der Waals surface area (Å²) in [4.78, 5) is 11.7. The van der Waals surface area contributed by atoms with Crippen molar-refractivity contribution in [2.75, 3.05) is 25.9 Å². The third-order valence-electron chi connectivity index (χ3n) is 3.60. The molecule has 0 saturated carbocycles. The second-order valence-corrected chi connectivity index (χ2v) is 7.56. The molecule has 1 fully saturated rings. The van der Waals surface area contributed by atoms with Crippen LogP contribution in [0.5, 0.6) is 0 Å². The van der Waals surface area contributed by atoms with Crippen molar-refractivity contribution in [1.82, 2.24) is 14.9 Å². The Hall–Kier alpha value is -0.660. The molecule has 0 aromatic heterocycles. The average Bonchev–Trinajstić information content (AvgIpc) is 2.36. The Kier molecular flexibility index (Phi) is 6.91. The molecule has 1 saturated heterocycles. The summed E-state index contributed by atoms with van der Waals surface area (Å²) >= 11 is 0. The van der Waals surface area contributed by atoms with Crippen molar-refractivity contribution in [2.24, 2.45) is 0 Å². The maximum Gasteiger partial charge on any atom is 0.234 e. The van der Waals surface area contributed by atoms with Gasteiger partial charge in [-0.3, -0.25) is 4.79 Å². The van der Waals surface area contributed by atoms with Crippen molar-refractivity contribution < 1.29 is 13.2 Å². The Morgan fingerprint density at radius 2 is 1.95 bits per heavy atom. The Morgan fingerprint density at radius 1 is 1.35 bits per heavy atom. The molecule has 1 unspecified atom stereocenters. The van der Waals surface area contributed by atoms with Gasteiger partial charge in [0.2, 0.25) is 15.9 Å². The maximum atomic E-state index is 11.7. The van der Waals surface area contributed by atoms with E-state index in [1.54, 1.807) is 0 Å². The molecule has 1 aliphatic heterocycles. The van der Waals surface area contributed by atoms with Crippen LogP contribution in [0.4, 0.5) is 0 Å². The van der Waals surface area contributed by atoms with Gasteiger partial charge in [-0.1, -0.05) is 13.3 Å². The Bertz CT molecular complexity index is 403. The van der Waals surface area contributed by atoms with Crippen LogP contribution < -0.4 is 10.6 Å². The molecule has 0 bridgehead atoms. The first-order valence-electron chi connectivity index (χ1n) is 7.30. The van der Waals surface area contributed by atoms with Gasteiger partial charge in [-0.2, -0.15) is 0 Å². The average molecular weight is 305 g/mol. The van der Waals surface area contributed by atoms with Crippen LogP contribution in [0.15, 0.2) is 0 Å². The predicted octanol–water partition coefficient (Wildman–Crippen LogP) is 0.305. The summed E-state index contributed by atoms with van der Waals surface area (Å²) in [5.41, 5.74) is 0. The number of piperidine rings is 1. The van der Waals surface area contributed by atoms with E-state index in [0.29, 0.717) is 19.6 Å². The van der Waals surface area contributed by atoms with E-state index in [-0.39, 0.29) is 18.0 Å². The van der Waals surface area contributed by atoms with Gasteiger partial charge in [-0.15, -0.1) is 0 Å². The molecule has 1 rings (SSSR count). The second-order valence-electron chi connectivity index (χ2n) is 5.57. The molecule has 1 aliphatic rings. The summed E-state index contributed by atoms with van der Waals surface area (Å²) in [5.74, 6) is 0.0106. The lowest BCUT2D eigenvalue weighted by atomic mass is 10.1. The number of carbonyl (C=O) groups is 1. The van der Waals surface area contributed by atoms with Crippen molar-refractivity contribution >= 4 is 15.9 Å². The summed E-state index contributed by atoms with van der Waals surface area (Å²) in [7, 11) is -3.08. The van der Waals surface area contributed by atoms with Crippen LogP contribution in [0.2, 0.25) is 0 Å². The van der Waals surface area contributed by atoms with E-state index in [4.69, 9.17) is 0 Å². The van der Waals surface area contributed by atoms with E-state index in [2.05, 4.69) is 17.6 Å². The van der Waals surface area contributed by atoms with Crippen LogP contribution >= 0.6 is 0 Å². The van der Waals surface area contributed by atoms with E-state index >= 15 is 0 Å². The van der Waals surface area contributed by atoms with E-state index < -0.39 is 10.0 Å². The highest BCUT2D eigenvalue weighted by molar-refractivity contribution is 7.88. The van der Waals surface area contributed by atoms with Gasteiger partial charge in [0.15, 0.2) is 0 Å². The molecule has 0 aliphatic carbocycles. The van der Waals surface area contributed by atoms with E-state index in [0.717, 1.165) is 25.7 Å². The largest absolute Gasteiger partial charge is 0.353 e. The monoisotopic (exact) mass is 305 g/mol. The van der Waals surface area contributed by atoms with Gasteiger partial charge < -0.3 is 10.6 Å². The molecule has 7 heteroatoms. The molecule has 6 nitrogen and oxygen atoms in total. The highest BCUT2D eigenvalue weighted by atomic mass is 32.2. The third kappa shape index (κ3) is 6.19. The van der Waals surface area contributed by atoms with Crippen molar-refractivity contribution in [2.45, 2.75) is 51.6 Å². The summed E-state index contributed by atoms with van der Waals surface area (Å²) < 4.78 is 24.3. The number of nitrogens with one attached hydrogen (secondary N) is 2. The zero-order valence-corrected chi connectivity index (χ0v) is 13.5. The lowest BCUT2D eigenvalue weighted by Gasteiger charge is -2.30. The molecule has 2 N–H and O–H groups in total. The molecule has 1 atom stereocenters. The van der Waals surface area contributed by atoms with E-state index in [9.17, 15) is 13.2 Å². The van der Waals surface area contributed by atoms with Gasteiger partial charge in [0.25, 0.3) is 0 Å². The molecule has 0 spiro atoms. The number of amides is 1. The first-order chi connectivity index (χ1) is 9.32. The first-order valence-corrected chi connectivity index (χ1v) is 9.15. The van der Waals surface area contributed by atoms with Crippen LogP contribution in [0.3, 0.4) is 0 Å². The van der Waals surface area contributed by atoms with Crippen LogP contribution in [-0.4, -0.2) is 56.6 Å². The second kappa shape index (κ2) is 7.95. The van der Waals surface area contributed by atoms with Crippen molar-refractivity contribution in [1.29, 1.82) is 0 Å². The minimum Gasteiger partial charge on any atom is -0.353 e. The number of carbonyl (C=O) groups excluding carboxylic acids is 1. The highest BCUT2D eigenvalue weighted by Crippen LogP contribution is 2.12. The van der Waals surface area contributed by atoms with E-state index in [1.807, 2.05) is 6.92 Å². The molecule has 1 heterocycles. The van der Waals surface area contributed by atoms with Crippen LogP contribution in [0.25, 0.3) is 0 Å². The fourth-order valence-corrected chi connectivity index (χ4v) is 3.33. The number of nitrogens with zero attached hydrogens (tertiary/aromatic N) is 1. The topological polar surface area (TPSA) is 78.5 Å². The van der Waals surface area contributed by atoms with Gasteiger partial charge in [0.05, 0.1) is 12.8 Å². The number of hydrogen-bond donors (Lipinski definition) is 2. The minimum atomic E-state index is -3.08. The van der Waals surface area contributed by atoms with Crippen LogP contribution in [-0.2, 0) is 14.8 Å². The number of rotatable bonds is 7. The highest BCUT2D eigenvalue weighted by Gasteiger charge is 2.24. The van der Waals surface area contributed by atoms with Gasteiger partial charge in [-0.25, -0.2) is 12.7 Å². The summed E-state index contributed by atoms with van der Waals surface area (Å²) in [6.45, 7) is 5.47. The van der Waals surface area contributed by atoms with E-state index in [1.165, 1.54) is 10.6 Å². The quantitative estimate of drug-likeness (QED) is 0.709. The van der Waals surface area contributed by atoms with Crippen LogP contribution in [0, 0.1) is 0 Å². The van der Waals surface area contributed by atoms with Gasteiger partial charge in [-0.05, 0) is 26.2 Å². The zero-order chi connectivity index (χ0) is 15.2. The predicted molar refractivity (Wildman–Crippen MR) is 80.0 cm³/mol. The maximum absolute atomic E-state index is 11.7. The SMILES string of the molecule is CCCC(C)NC(=O)CNC1CCN(S(C)(=O)=O)CC1. The normalized spacial score (nSPS) is 19.8. The molecule has 20 heavy (non-hydrogen) atoms. The molecule has 0 aromatic rings. The summed E-state index contributed by atoms with van der Waals surface area (Å²) in [6.07, 6.45) is 4.79. The Balaban J connectivity index is 2.23. The molecule has 0 radical (unpaired) electrons. The number of hydrogen-bond acceptors (Lipinski definition) is 4. The number of sulfonamides is 1. The van der Waals surface area contributed by atoms with Crippen LogP contribution in [0.1, 0.15) is 39.5 Å². The first kappa shape index (κ1) is 17.4. The van der Waals surface area contributed by atoms with Crippen molar-refractivity contribution in [3.63, 3.8) is 0 Å². The van der Waals surface area contributed by atoms with Gasteiger partial charge in [0.1, 0.15) is 0 Å². The molecule has 1 amide bonds. The Morgan fingerprint density at radius 3 is 2.45 bits per heavy atom. The smallest absolute Gasteiger partial charge is 0.234 e. The minimum absolute atomic E-state index is 0.0106. The Labute approximate surface area is 122 Å². The molecular weight excluding hydrogens is 278 g/mol. The van der Waals surface area contributed by atoms with Gasteiger partial charge in [0, 0.05) is 25.2 Å². The standard InChI is InChI=1S/C13H27N3O3S/c1-4-5-11(2)15-13(17)10-14-12-6-8-16(9-7-12)20(3,18)19/h11-12,14H,4-10H2,1-3H3,(H,15,17). The van der Waals surface area contributed by atoms with Gasteiger partial charge >= 0.3 is 0 Å². The van der Waals surface area contributed by atoms with Crippen molar-refractivity contribution in [3.8, 4) is 0 Å². The summed E-state index contributed by atoms with van der Waals surface area (Å²) in [5, 5.41) is 6.15.